The molecule has 0 aromatic heterocycles. The van der Waals surface area contributed by atoms with Crippen molar-refractivity contribution < 1.29 is 26.4 Å². The summed E-state index contributed by atoms with van der Waals surface area (Å²) in [5.41, 5.74) is 2.16. The van der Waals surface area contributed by atoms with Crippen LogP contribution < -0.4 is 13.8 Å². The van der Waals surface area contributed by atoms with Crippen LogP contribution in [0.2, 0.25) is 0 Å². The molecule has 4 aromatic carbocycles. The molecule has 0 aliphatic heterocycles. The lowest BCUT2D eigenvalue weighted by atomic mass is 10.1. The Bertz CT molecular complexity index is 1510. The summed E-state index contributed by atoms with van der Waals surface area (Å²) in [4.78, 5) is 0.0578. The first-order chi connectivity index (χ1) is 17.9. The van der Waals surface area contributed by atoms with Gasteiger partial charge in [-0.3, -0.25) is 0 Å². The SMILES string of the molecule is Cc1cc(C)c(S(=O)(=O)NC(C)(c2ccc(F)cc2)P(=O)(Oc2ccccc2)Oc2ccccc2)c(C)c1. The Morgan fingerprint density at radius 3 is 1.66 bits per heavy atom. The Kier molecular flexibility index (Phi) is 7.79. The Morgan fingerprint density at radius 2 is 1.21 bits per heavy atom. The first-order valence-electron chi connectivity index (χ1n) is 11.9. The molecule has 0 amide bonds. The fraction of sp³-hybridized carbons (Fsp3) is 0.172. The van der Waals surface area contributed by atoms with E-state index in [9.17, 15) is 17.4 Å². The van der Waals surface area contributed by atoms with Crippen LogP contribution in [0.5, 0.6) is 11.5 Å². The molecule has 38 heavy (non-hydrogen) atoms. The average molecular weight is 554 g/mol. The summed E-state index contributed by atoms with van der Waals surface area (Å²) < 4.78 is 71.5. The number of rotatable bonds is 9. The maximum absolute atomic E-state index is 14.9. The van der Waals surface area contributed by atoms with Crippen molar-refractivity contribution in [1.29, 1.82) is 0 Å². The highest BCUT2D eigenvalue weighted by molar-refractivity contribution is 7.90. The molecule has 1 atom stereocenters. The number of benzene rings is 4. The predicted molar refractivity (Wildman–Crippen MR) is 146 cm³/mol. The number of aryl methyl sites for hydroxylation is 3. The van der Waals surface area contributed by atoms with Crippen molar-refractivity contribution in [2.75, 3.05) is 0 Å². The van der Waals surface area contributed by atoms with Gasteiger partial charge in [-0.2, -0.15) is 4.72 Å². The number of hydrogen-bond acceptors (Lipinski definition) is 5. The van der Waals surface area contributed by atoms with Gasteiger partial charge in [-0.05, 0) is 80.8 Å². The van der Waals surface area contributed by atoms with E-state index < -0.39 is 28.7 Å². The average Bonchev–Trinajstić information content (AvgIpc) is 2.84. The van der Waals surface area contributed by atoms with Gasteiger partial charge in [0.25, 0.3) is 0 Å². The predicted octanol–water partition coefficient (Wildman–Crippen LogP) is 7.25. The standard InChI is InChI=1S/C29H29FNO5PS/c1-21-19-22(2)28(23(3)20-21)38(33,34)31-29(4,24-15-17-25(30)18-16-24)37(32,35-26-11-7-5-8-12-26)36-27-13-9-6-10-14-27/h5-20,31H,1-4H3. The lowest BCUT2D eigenvalue weighted by Gasteiger charge is -2.37. The van der Waals surface area contributed by atoms with Gasteiger partial charge >= 0.3 is 7.60 Å². The molecule has 198 valence electrons. The highest BCUT2D eigenvalue weighted by Gasteiger charge is 2.54. The quantitative estimate of drug-likeness (QED) is 0.221. The third-order valence-corrected chi connectivity index (χ3v) is 10.5. The number of sulfonamides is 1. The largest absolute Gasteiger partial charge is 0.455 e. The molecule has 6 nitrogen and oxygen atoms in total. The molecule has 0 radical (unpaired) electrons. The zero-order chi connectivity index (χ0) is 27.6. The van der Waals surface area contributed by atoms with E-state index in [0.29, 0.717) is 11.1 Å². The molecule has 1 unspecified atom stereocenters. The van der Waals surface area contributed by atoms with Gasteiger partial charge in [0.15, 0.2) is 5.28 Å². The van der Waals surface area contributed by atoms with Crippen molar-refractivity contribution in [1.82, 2.24) is 4.72 Å². The number of halogens is 1. The lowest BCUT2D eigenvalue weighted by molar-refractivity contribution is 0.337. The zero-order valence-electron chi connectivity index (χ0n) is 21.5. The van der Waals surface area contributed by atoms with Gasteiger partial charge in [-0.15, -0.1) is 0 Å². The zero-order valence-corrected chi connectivity index (χ0v) is 23.2. The van der Waals surface area contributed by atoms with Crippen LogP contribution in [0.4, 0.5) is 4.39 Å². The van der Waals surface area contributed by atoms with E-state index in [4.69, 9.17) is 9.05 Å². The molecule has 9 heteroatoms. The number of para-hydroxylation sites is 2. The summed E-state index contributed by atoms with van der Waals surface area (Å²) in [6.07, 6.45) is 0. The molecule has 0 heterocycles. The highest BCUT2D eigenvalue weighted by atomic mass is 32.2. The van der Waals surface area contributed by atoms with Crippen LogP contribution in [0.1, 0.15) is 29.2 Å². The maximum atomic E-state index is 14.9. The molecule has 0 fully saturated rings. The van der Waals surface area contributed by atoms with Gasteiger partial charge in [0.1, 0.15) is 17.3 Å². The molecule has 4 aromatic rings. The van der Waals surface area contributed by atoms with E-state index >= 15 is 0 Å². The fourth-order valence-corrected chi connectivity index (χ4v) is 8.57. The van der Waals surface area contributed by atoms with Crippen molar-refractivity contribution in [3.8, 4) is 11.5 Å². The van der Waals surface area contributed by atoms with Gasteiger partial charge < -0.3 is 9.05 Å². The molecule has 0 spiro atoms. The summed E-state index contributed by atoms with van der Waals surface area (Å²) in [6.45, 7) is 6.69. The summed E-state index contributed by atoms with van der Waals surface area (Å²) >= 11 is 0. The topological polar surface area (TPSA) is 81.7 Å². The molecule has 4 rings (SSSR count). The van der Waals surface area contributed by atoms with E-state index in [-0.39, 0.29) is 22.0 Å². The van der Waals surface area contributed by atoms with Crippen molar-refractivity contribution >= 4 is 17.6 Å². The van der Waals surface area contributed by atoms with Crippen LogP contribution >= 0.6 is 7.60 Å². The summed E-state index contributed by atoms with van der Waals surface area (Å²) in [5.74, 6) is -0.115. The Balaban J connectivity index is 1.94. The number of hydrogen-bond donors (Lipinski definition) is 1. The van der Waals surface area contributed by atoms with Crippen LogP contribution in [0, 0.1) is 26.6 Å². The van der Waals surface area contributed by atoms with E-state index in [2.05, 4.69) is 4.72 Å². The van der Waals surface area contributed by atoms with Crippen molar-refractivity contribution in [3.63, 3.8) is 0 Å². The third-order valence-electron chi connectivity index (χ3n) is 6.10. The third kappa shape index (κ3) is 5.68. The van der Waals surface area contributed by atoms with Gasteiger partial charge in [-0.1, -0.05) is 66.2 Å². The van der Waals surface area contributed by atoms with Gasteiger partial charge in [0.05, 0.1) is 4.90 Å². The maximum Gasteiger partial charge on any atom is 0.455 e. The molecule has 1 N–H and O–H groups in total. The van der Waals surface area contributed by atoms with E-state index in [0.717, 1.165) is 5.56 Å². The molecule has 0 aliphatic rings. The fourth-order valence-electron chi connectivity index (χ4n) is 4.39. The van der Waals surface area contributed by atoms with E-state index in [1.54, 1.807) is 86.6 Å². The molecule has 0 saturated heterocycles. The van der Waals surface area contributed by atoms with Crippen LogP contribution in [-0.2, 0) is 19.9 Å². The van der Waals surface area contributed by atoms with Crippen molar-refractivity contribution in [2.45, 2.75) is 37.9 Å². The molecule has 0 saturated carbocycles. The Hall–Kier alpha value is -3.45. The second-order valence-electron chi connectivity index (χ2n) is 9.22. The normalized spacial score (nSPS) is 13.5. The minimum absolute atomic E-state index is 0.0578. The summed E-state index contributed by atoms with van der Waals surface area (Å²) in [7, 11) is -8.79. The van der Waals surface area contributed by atoms with Crippen molar-refractivity contribution in [3.05, 3.63) is 125 Å². The first kappa shape index (κ1) is 27.6. The van der Waals surface area contributed by atoms with Crippen LogP contribution in [0.15, 0.2) is 102 Å². The first-order valence-corrected chi connectivity index (χ1v) is 14.9. The van der Waals surface area contributed by atoms with Gasteiger partial charge in [-0.25, -0.2) is 17.4 Å². The van der Waals surface area contributed by atoms with E-state index in [1.807, 2.05) is 6.92 Å². The van der Waals surface area contributed by atoms with E-state index in [1.165, 1.54) is 31.2 Å². The second kappa shape index (κ2) is 10.7. The number of nitrogens with one attached hydrogen (secondary N) is 1. The summed E-state index contributed by atoms with van der Waals surface area (Å²) in [5, 5.41) is -1.98. The smallest absolute Gasteiger partial charge is 0.415 e. The molecular formula is C29H29FNO5PS. The summed E-state index contributed by atoms with van der Waals surface area (Å²) in [6, 6.07) is 25.3. The lowest BCUT2D eigenvalue weighted by Crippen LogP contribution is -2.45. The minimum atomic E-state index is -4.49. The van der Waals surface area contributed by atoms with Gasteiger partial charge in [0.2, 0.25) is 10.0 Å². The molecular weight excluding hydrogens is 524 g/mol. The second-order valence-corrected chi connectivity index (χ2v) is 13.1. The van der Waals surface area contributed by atoms with Crippen molar-refractivity contribution in [2.24, 2.45) is 0 Å². The van der Waals surface area contributed by atoms with Crippen LogP contribution in [0.3, 0.4) is 0 Å². The van der Waals surface area contributed by atoms with Gasteiger partial charge in [0, 0.05) is 0 Å². The molecule has 0 aliphatic carbocycles. The monoisotopic (exact) mass is 553 g/mol. The minimum Gasteiger partial charge on any atom is -0.415 e. The highest BCUT2D eigenvalue weighted by Crippen LogP contribution is 2.63. The Morgan fingerprint density at radius 1 is 0.763 bits per heavy atom. The van der Waals surface area contributed by atoms with Crippen LogP contribution in [0.25, 0.3) is 0 Å². The van der Waals surface area contributed by atoms with Crippen LogP contribution in [-0.4, -0.2) is 8.42 Å². The molecule has 0 bridgehead atoms. The Labute approximate surface area is 223 Å².